The van der Waals surface area contributed by atoms with Crippen LogP contribution in [0.5, 0.6) is 5.75 Å². The molecule has 0 radical (unpaired) electrons. The molecule has 1 aliphatic carbocycles. The summed E-state index contributed by atoms with van der Waals surface area (Å²) >= 11 is 0. The summed E-state index contributed by atoms with van der Waals surface area (Å²) in [5.41, 5.74) is 1.04. The maximum Gasteiger partial charge on any atom is 0.387 e. The molecule has 2 N–H and O–H groups in total. The van der Waals surface area contributed by atoms with Gasteiger partial charge in [0, 0.05) is 12.1 Å². The fourth-order valence-electron chi connectivity index (χ4n) is 2.63. The molecule has 1 saturated carbocycles. The number of hydrogen-bond acceptors (Lipinski definition) is 3. The van der Waals surface area contributed by atoms with Crippen molar-refractivity contribution in [2.75, 3.05) is 0 Å². The number of alkyl halides is 2. The Balaban J connectivity index is 1.87. The van der Waals surface area contributed by atoms with E-state index in [0.717, 1.165) is 31.2 Å². The first-order valence-electron chi connectivity index (χ1n) is 7.03. The number of rotatable bonds is 5. The molecule has 0 aliphatic heterocycles. The summed E-state index contributed by atoms with van der Waals surface area (Å²) in [4.78, 5) is 0. The maximum atomic E-state index is 12.1. The topological polar surface area (TPSA) is 41.5 Å². The Hall–Kier alpha value is -1.20. The number of hydrogen-bond donors (Lipinski definition) is 2. The van der Waals surface area contributed by atoms with E-state index in [2.05, 4.69) is 10.1 Å². The molecule has 1 aromatic carbocycles. The van der Waals surface area contributed by atoms with Gasteiger partial charge in [-0.15, -0.1) is 0 Å². The second kappa shape index (κ2) is 6.99. The first-order valence-corrected chi connectivity index (χ1v) is 7.03. The van der Waals surface area contributed by atoms with Gasteiger partial charge >= 0.3 is 6.61 Å². The monoisotopic (exact) mass is 285 g/mol. The highest BCUT2D eigenvalue weighted by molar-refractivity contribution is 5.29. The van der Waals surface area contributed by atoms with Crippen molar-refractivity contribution in [3.05, 3.63) is 29.8 Å². The maximum absolute atomic E-state index is 12.1. The summed E-state index contributed by atoms with van der Waals surface area (Å²) in [6.45, 7) is -0.737. The molecule has 5 heteroatoms. The van der Waals surface area contributed by atoms with Crippen LogP contribution in [-0.2, 0) is 0 Å². The van der Waals surface area contributed by atoms with E-state index in [1.807, 2.05) is 6.92 Å². The summed E-state index contributed by atoms with van der Waals surface area (Å²) in [7, 11) is 0. The van der Waals surface area contributed by atoms with Gasteiger partial charge in [-0.3, -0.25) is 0 Å². The third-order valence-electron chi connectivity index (χ3n) is 3.79. The number of aliphatic hydroxyl groups is 1. The number of ether oxygens (including phenoxy) is 1. The van der Waals surface area contributed by atoms with E-state index in [4.69, 9.17) is 0 Å². The van der Waals surface area contributed by atoms with Gasteiger partial charge in [-0.2, -0.15) is 8.78 Å². The first-order chi connectivity index (χ1) is 9.54. The number of aliphatic hydroxyl groups excluding tert-OH is 1. The van der Waals surface area contributed by atoms with Gasteiger partial charge in [-0.05, 0) is 50.3 Å². The Labute approximate surface area is 117 Å². The second-order valence-corrected chi connectivity index (χ2v) is 5.34. The molecule has 112 valence electrons. The van der Waals surface area contributed by atoms with Gasteiger partial charge in [0.2, 0.25) is 0 Å². The Bertz CT molecular complexity index is 403. The van der Waals surface area contributed by atoms with Gasteiger partial charge < -0.3 is 15.2 Å². The number of benzene rings is 1. The van der Waals surface area contributed by atoms with Crippen molar-refractivity contribution < 1.29 is 18.6 Å². The molecule has 1 aliphatic rings. The molecule has 20 heavy (non-hydrogen) atoms. The molecule has 0 spiro atoms. The van der Waals surface area contributed by atoms with E-state index in [9.17, 15) is 13.9 Å². The lowest BCUT2D eigenvalue weighted by atomic mass is 9.92. The zero-order valence-corrected chi connectivity index (χ0v) is 11.6. The SMILES string of the molecule is CC(NC1CCC(O)CC1)c1ccc(OC(F)F)cc1. The van der Waals surface area contributed by atoms with Crippen LogP contribution in [0, 0.1) is 0 Å². The van der Waals surface area contributed by atoms with E-state index in [1.54, 1.807) is 24.3 Å². The third kappa shape index (κ3) is 4.42. The summed E-state index contributed by atoms with van der Waals surface area (Å²) in [5, 5.41) is 13.0. The van der Waals surface area contributed by atoms with Crippen LogP contribution in [0.2, 0.25) is 0 Å². The van der Waals surface area contributed by atoms with Crippen molar-refractivity contribution in [1.82, 2.24) is 5.32 Å². The fraction of sp³-hybridized carbons (Fsp3) is 0.600. The van der Waals surface area contributed by atoms with E-state index in [0.29, 0.717) is 6.04 Å². The van der Waals surface area contributed by atoms with Crippen LogP contribution in [-0.4, -0.2) is 23.9 Å². The van der Waals surface area contributed by atoms with Gasteiger partial charge in [0.25, 0.3) is 0 Å². The molecular weight excluding hydrogens is 264 g/mol. The first kappa shape index (κ1) is 15.2. The smallest absolute Gasteiger partial charge is 0.387 e. The quantitative estimate of drug-likeness (QED) is 0.872. The normalized spacial score (nSPS) is 24.6. The van der Waals surface area contributed by atoms with Gasteiger partial charge in [-0.25, -0.2) is 0 Å². The van der Waals surface area contributed by atoms with Gasteiger partial charge in [0.1, 0.15) is 5.75 Å². The van der Waals surface area contributed by atoms with E-state index < -0.39 is 6.61 Å². The van der Waals surface area contributed by atoms with Gasteiger partial charge in [0.15, 0.2) is 0 Å². The second-order valence-electron chi connectivity index (χ2n) is 5.34. The highest BCUT2D eigenvalue weighted by Gasteiger charge is 2.20. The summed E-state index contributed by atoms with van der Waals surface area (Å²) in [5.74, 6) is 0.178. The standard InChI is InChI=1S/C15H21F2NO2/c1-10(18-12-4-6-13(19)7-5-12)11-2-8-14(9-3-11)20-15(16)17/h2-3,8-10,12-13,15,18-19H,4-7H2,1H3. The van der Waals surface area contributed by atoms with Crippen molar-refractivity contribution in [1.29, 1.82) is 0 Å². The minimum Gasteiger partial charge on any atom is -0.435 e. The predicted octanol–water partition coefficient (Wildman–Crippen LogP) is 3.24. The van der Waals surface area contributed by atoms with Crippen molar-refractivity contribution in [2.24, 2.45) is 0 Å². The average molecular weight is 285 g/mol. The minimum absolute atomic E-state index is 0.149. The van der Waals surface area contributed by atoms with Crippen molar-refractivity contribution in [3.8, 4) is 5.75 Å². The predicted molar refractivity (Wildman–Crippen MR) is 72.9 cm³/mol. The van der Waals surface area contributed by atoms with E-state index >= 15 is 0 Å². The molecule has 3 nitrogen and oxygen atoms in total. The van der Waals surface area contributed by atoms with E-state index in [-0.39, 0.29) is 17.9 Å². The molecule has 0 saturated heterocycles. The lowest BCUT2D eigenvalue weighted by Crippen LogP contribution is -2.36. The van der Waals surface area contributed by atoms with Gasteiger partial charge in [-0.1, -0.05) is 12.1 Å². The largest absolute Gasteiger partial charge is 0.435 e. The molecule has 2 rings (SSSR count). The molecule has 1 fully saturated rings. The van der Waals surface area contributed by atoms with Crippen LogP contribution in [0.1, 0.15) is 44.2 Å². The Morgan fingerprint density at radius 2 is 1.75 bits per heavy atom. The van der Waals surface area contributed by atoms with Crippen molar-refractivity contribution >= 4 is 0 Å². The number of halogens is 2. The molecule has 0 bridgehead atoms. The van der Waals surface area contributed by atoms with Crippen LogP contribution >= 0.6 is 0 Å². The summed E-state index contributed by atoms with van der Waals surface area (Å²) in [6.07, 6.45) is 3.46. The zero-order chi connectivity index (χ0) is 14.5. The van der Waals surface area contributed by atoms with Crippen molar-refractivity contribution in [2.45, 2.75) is 57.4 Å². The Kier molecular flexibility index (Phi) is 5.31. The highest BCUT2D eigenvalue weighted by atomic mass is 19.3. The van der Waals surface area contributed by atoms with Crippen LogP contribution in [0.25, 0.3) is 0 Å². The number of nitrogens with one attached hydrogen (secondary N) is 1. The molecule has 0 amide bonds. The molecule has 1 unspecified atom stereocenters. The lowest BCUT2D eigenvalue weighted by Gasteiger charge is -2.29. The Morgan fingerprint density at radius 3 is 2.30 bits per heavy atom. The molecule has 0 aromatic heterocycles. The minimum atomic E-state index is -2.79. The highest BCUT2D eigenvalue weighted by Crippen LogP contribution is 2.23. The summed E-state index contributed by atoms with van der Waals surface area (Å²) < 4.78 is 28.5. The lowest BCUT2D eigenvalue weighted by molar-refractivity contribution is -0.0498. The molecule has 1 aromatic rings. The zero-order valence-electron chi connectivity index (χ0n) is 11.6. The van der Waals surface area contributed by atoms with Crippen LogP contribution in [0.15, 0.2) is 24.3 Å². The third-order valence-corrected chi connectivity index (χ3v) is 3.79. The molecule has 1 atom stereocenters. The van der Waals surface area contributed by atoms with Crippen LogP contribution < -0.4 is 10.1 Å². The average Bonchev–Trinajstić information content (AvgIpc) is 2.41. The van der Waals surface area contributed by atoms with E-state index in [1.165, 1.54) is 0 Å². The fourth-order valence-corrected chi connectivity index (χ4v) is 2.63. The summed E-state index contributed by atoms with van der Waals surface area (Å²) in [6, 6.07) is 7.27. The molecule has 0 heterocycles. The molecular formula is C15H21F2NO2. The van der Waals surface area contributed by atoms with Crippen LogP contribution in [0.4, 0.5) is 8.78 Å². The van der Waals surface area contributed by atoms with Crippen molar-refractivity contribution in [3.63, 3.8) is 0 Å². The van der Waals surface area contributed by atoms with Gasteiger partial charge in [0.05, 0.1) is 6.10 Å². The van der Waals surface area contributed by atoms with Crippen LogP contribution in [0.3, 0.4) is 0 Å². The Morgan fingerprint density at radius 1 is 1.15 bits per heavy atom.